The second-order valence-electron chi connectivity index (χ2n) is 16.0. The fourth-order valence-corrected chi connectivity index (χ4v) is 11.2. The molecule has 1 heterocycles. The molecule has 0 N–H and O–H groups in total. The summed E-state index contributed by atoms with van der Waals surface area (Å²) >= 11 is 1.88. The first-order valence-electron chi connectivity index (χ1n) is 21.0. The summed E-state index contributed by atoms with van der Waals surface area (Å²) in [6.07, 6.45) is 0. The number of hydrogen-bond acceptors (Lipinski definition) is 2. The molecular formula is C59H39NS. The molecule has 10 aromatic carbocycles. The van der Waals surface area contributed by atoms with E-state index >= 15 is 0 Å². The minimum absolute atomic E-state index is 0.500. The highest BCUT2D eigenvalue weighted by atomic mass is 32.1. The van der Waals surface area contributed by atoms with Crippen molar-refractivity contribution in [3.8, 4) is 33.4 Å². The fraction of sp³-hybridized carbons (Fsp3) is 0.0169. The molecule has 286 valence electrons. The third kappa shape index (κ3) is 5.60. The lowest BCUT2D eigenvalue weighted by Gasteiger charge is -2.34. The van der Waals surface area contributed by atoms with Gasteiger partial charge in [0.15, 0.2) is 0 Å². The van der Waals surface area contributed by atoms with Crippen LogP contribution in [0.3, 0.4) is 0 Å². The monoisotopic (exact) mass is 793 g/mol. The molecule has 1 aromatic heterocycles. The minimum Gasteiger partial charge on any atom is -0.308 e. The Morgan fingerprint density at radius 1 is 0.361 bits per heavy atom. The summed E-state index contributed by atoms with van der Waals surface area (Å²) in [4.78, 5) is 2.52. The summed E-state index contributed by atoms with van der Waals surface area (Å²) in [5.41, 5.74) is 15.4. The maximum Gasteiger partial charge on any atom is 0.0714 e. The first-order chi connectivity index (χ1) is 30.3. The van der Waals surface area contributed by atoms with Crippen molar-refractivity contribution in [2.75, 3.05) is 4.90 Å². The van der Waals surface area contributed by atoms with E-state index in [1.54, 1.807) is 0 Å². The zero-order valence-corrected chi connectivity index (χ0v) is 34.2. The number of hydrogen-bond donors (Lipinski definition) is 0. The predicted molar refractivity (Wildman–Crippen MR) is 260 cm³/mol. The molecule has 1 aliphatic carbocycles. The van der Waals surface area contributed by atoms with Gasteiger partial charge in [0.05, 0.1) is 21.5 Å². The summed E-state index contributed by atoms with van der Waals surface area (Å²) in [7, 11) is 0. The molecule has 12 rings (SSSR count). The molecule has 1 aliphatic rings. The van der Waals surface area contributed by atoms with Crippen LogP contribution in [-0.4, -0.2) is 0 Å². The lowest BCUT2D eigenvalue weighted by atomic mass is 9.68. The van der Waals surface area contributed by atoms with E-state index < -0.39 is 5.41 Å². The number of fused-ring (bicyclic) bond motifs is 7. The summed E-state index contributed by atoms with van der Waals surface area (Å²) in [5, 5.41) is 5.08. The van der Waals surface area contributed by atoms with E-state index in [2.05, 4.69) is 241 Å². The van der Waals surface area contributed by atoms with Crippen molar-refractivity contribution < 1.29 is 0 Å². The lowest BCUT2D eigenvalue weighted by molar-refractivity contribution is 0.768. The molecule has 0 saturated heterocycles. The van der Waals surface area contributed by atoms with Crippen molar-refractivity contribution >= 4 is 59.3 Å². The van der Waals surface area contributed by atoms with Gasteiger partial charge in [-0.25, -0.2) is 0 Å². The summed E-state index contributed by atoms with van der Waals surface area (Å²) in [6, 6.07) is 87.3. The molecule has 61 heavy (non-hydrogen) atoms. The molecule has 0 radical (unpaired) electrons. The van der Waals surface area contributed by atoms with Crippen LogP contribution in [0.25, 0.3) is 64.3 Å². The highest BCUT2D eigenvalue weighted by Gasteiger charge is 2.47. The van der Waals surface area contributed by atoms with Gasteiger partial charge < -0.3 is 4.90 Å². The molecule has 0 bridgehead atoms. The third-order valence-corrected chi connectivity index (χ3v) is 13.9. The van der Waals surface area contributed by atoms with Gasteiger partial charge in [0.25, 0.3) is 0 Å². The molecule has 0 unspecified atom stereocenters. The summed E-state index contributed by atoms with van der Waals surface area (Å²) in [5.74, 6) is 0. The van der Waals surface area contributed by atoms with E-state index in [-0.39, 0.29) is 0 Å². The standard InChI is InChI=1S/C59H39NS/c1-3-20-46(21-4-1)59(47-22-5-2-6-23-47)52-27-11-9-25-51(52)57-53(59)28-15-29-54(57)60(55-30-14-26-50-49-24-10-12-31-56(49)61-58(50)55)48-36-34-41(35-37-48)43-18-13-19-44(38-43)45-33-32-40-16-7-8-17-42(40)39-45/h1-39H. The number of anilines is 3. The molecule has 0 aliphatic heterocycles. The van der Waals surface area contributed by atoms with Crippen LogP contribution >= 0.6 is 11.3 Å². The van der Waals surface area contributed by atoms with Gasteiger partial charge >= 0.3 is 0 Å². The quantitative estimate of drug-likeness (QED) is 0.155. The van der Waals surface area contributed by atoms with Crippen LogP contribution in [0.5, 0.6) is 0 Å². The SMILES string of the molecule is c1ccc(C2(c3ccccc3)c3ccccc3-c3c(N(c4ccc(-c5cccc(-c6ccc7ccccc7c6)c5)cc4)c4cccc5c4sc4ccccc45)cccc32)cc1. The molecule has 2 heteroatoms. The lowest BCUT2D eigenvalue weighted by Crippen LogP contribution is -2.28. The minimum atomic E-state index is -0.500. The van der Waals surface area contributed by atoms with Crippen LogP contribution in [0.2, 0.25) is 0 Å². The highest BCUT2D eigenvalue weighted by Crippen LogP contribution is 2.60. The van der Waals surface area contributed by atoms with E-state index in [1.165, 1.54) is 92.3 Å². The normalized spacial score (nSPS) is 12.7. The van der Waals surface area contributed by atoms with Crippen LogP contribution in [0.4, 0.5) is 17.1 Å². The smallest absolute Gasteiger partial charge is 0.0714 e. The van der Waals surface area contributed by atoms with E-state index in [0.29, 0.717) is 0 Å². The highest BCUT2D eigenvalue weighted by molar-refractivity contribution is 7.26. The third-order valence-electron chi connectivity index (χ3n) is 12.7. The summed E-state index contributed by atoms with van der Waals surface area (Å²) < 4.78 is 2.57. The first kappa shape index (κ1) is 35.4. The molecule has 0 amide bonds. The van der Waals surface area contributed by atoms with Crippen molar-refractivity contribution in [3.05, 3.63) is 259 Å². The van der Waals surface area contributed by atoms with Crippen molar-refractivity contribution in [1.82, 2.24) is 0 Å². The van der Waals surface area contributed by atoms with Gasteiger partial charge in [0.1, 0.15) is 0 Å². The largest absolute Gasteiger partial charge is 0.308 e. The Morgan fingerprint density at radius 2 is 0.934 bits per heavy atom. The maximum atomic E-state index is 2.52. The Morgan fingerprint density at radius 3 is 1.74 bits per heavy atom. The van der Waals surface area contributed by atoms with Crippen LogP contribution < -0.4 is 4.90 Å². The number of nitrogens with zero attached hydrogens (tertiary/aromatic N) is 1. The second kappa shape index (κ2) is 14.3. The van der Waals surface area contributed by atoms with Gasteiger partial charge in [-0.2, -0.15) is 0 Å². The molecule has 11 aromatic rings. The predicted octanol–water partition coefficient (Wildman–Crippen LogP) is 16.4. The van der Waals surface area contributed by atoms with Crippen molar-refractivity contribution in [2.45, 2.75) is 5.41 Å². The van der Waals surface area contributed by atoms with E-state index in [9.17, 15) is 0 Å². The van der Waals surface area contributed by atoms with Gasteiger partial charge in [0, 0.05) is 26.7 Å². The second-order valence-corrected chi connectivity index (χ2v) is 17.1. The van der Waals surface area contributed by atoms with E-state index in [0.717, 1.165) is 11.4 Å². The van der Waals surface area contributed by atoms with Gasteiger partial charge in [0.2, 0.25) is 0 Å². The average molecular weight is 794 g/mol. The van der Waals surface area contributed by atoms with Crippen LogP contribution in [-0.2, 0) is 5.41 Å². The Bertz CT molecular complexity index is 3380. The fourth-order valence-electron chi connectivity index (χ4n) is 10.0. The molecule has 0 saturated carbocycles. The Balaban J connectivity index is 1.07. The number of thiophene rings is 1. The molecule has 0 atom stereocenters. The van der Waals surface area contributed by atoms with Crippen LogP contribution in [0, 0.1) is 0 Å². The van der Waals surface area contributed by atoms with Crippen molar-refractivity contribution in [2.24, 2.45) is 0 Å². The van der Waals surface area contributed by atoms with Gasteiger partial charge in [-0.1, -0.05) is 194 Å². The average Bonchev–Trinajstić information content (AvgIpc) is 3.87. The van der Waals surface area contributed by atoms with Gasteiger partial charge in [-0.15, -0.1) is 11.3 Å². The first-order valence-corrected chi connectivity index (χ1v) is 21.8. The number of rotatable bonds is 7. The zero-order valence-electron chi connectivity index (χ0n) is 33.4. The zero-order chi connectivity index (χ0) is 40.3. The topological polar surface area (TPSA) is 3.24 Å². The van der Waals surface area contributed by atoms with Crippen LogP contribution in [0.1, 0.15) is 22.3 Å². The Hall–Kier alpha value is -7.52. The Labute approximate surface area is 360 Å². The van der Waals surface area contributed by atoms with Crippen LogP contribution in [0.15, 0.2) is 237 Å². The maximum absolute atomic E-state index is 2.52. The molecule has 0 fully saturated rings. The molecular weight excluding hydrogens is 755 g/mol. The Kier molecular flexibility index (Phi) is 8.33. The number of benzene rings is 10. The van der Waals surface area contributed by atoms with Crippen molar-refractivity contribution in [1.29, 1.82) is 0 Å². The van der Waals surface area contributed by atoms with Gasteiger partial charge in [-0.3, -0.25) is 0 Å². The van der Waals surface area contributed by atoms with Crippen molar-refractivity contribution in [3.63, 3.8) is 0 Å². The van der Waals surface area contributed by atoms with E-state index in [1.807, 2.05) is 11.3 Å². The van der Waals surface area contributed by atoms with Gasteiger partial charge in [-0.05, 0) is 103 Å². The summed E-state index contributed by atoms with van der Waals surface area (Å²) in [6.45, 7) is 0. The molecule has 0 spiro atoms. The van der Waals surface area contributed by atoms with E-state index in [4.69, 9.17) is 0 Å². The molecule has 1 nitrogen and oxygen atoms in total.